The van der Waals surface area contributed by atoms with Crippen LogP contribution in [0.3, 0.4) is 0 Å². The Bertz CT molecular complexity index is 1620. The number of aryl methyl sites for hydroxylation is 2. The molecule has 44 heavy (non-hydrogen) atoms. The van der Waals surface area contributed by atoms with Crippen LogP contribution in [0.5, 0.6) is 0 Å². The van der Waals surface area contributed by atoms with Gasteiger partial charge in [0, 0.05) is 0 Å². The van der Waals surface area contributed by atoms with Crippen LogP contribution in [0.1, 0.15) is 81.2 Å². The molecule has 0 saturated carbocycles. The standard InChI is InChI=1S/2C20H21.C2H7Si.Zr/c2*1-4-14(2)17-12-16-9-7-11-19(20(16)13-17)18-10-6-5-8-15(18)3;1-3-2;/h2*5-14H,4H2,1-3H3;3H,1-2H3;. The van der Waals surface area contributed by atoms with Crippen molar-refractivity contribution in [2.24, 2.45) is 11.8 Å². The number of rotatable bonds is 9. The summed E-state index contributed by atoms with van der Waals surface area (Å²) in [5.74, 6) is 0.240. The van der Waals surface area contributed by atoms with E-state index in [2.05, 4.69) is 152 Å². The topological polar surface area (TPSA) is 0 Å². The summed E-state index contributed by atoms with van der Waals surface area (Å²) in [6, 6.07) is 32.5. The molecule has 0 spiro atoms. The van der Waals surface area contributed by atoms with Gasteiger partial charge in [-0.25, -0.2) is 0 Å². The molecule has 0 nitrogen and oxygen atoms in total. The van der Waals surface area contributed by atoms with Crippen molar-refractivity contribution in [3.05, 3.63) is 129 Å². The summed E-state index contributed by atoms with van der Waals surface area (Å²) < 4.78 is 1.31. The molecule has 0 amide bonds. The van der Waals surface area contributed by atoms with E-state index in [-0.39, 0.29) is 0 Å². The molecule has 4 aromatic carbocycles. The van der Waals surface area contributed by atoms with Gasteiger partial charge in [-0.05, 0) is 0 Å². The van der Waals surface area contributed by atoms with E-state index in [0.717, 1.165) is 0 Å². The molecule has 4 aromatic rings. The fourth-order valence-electron chi connectivity index (χ4n) is 7.97. The van der Waals surface area contributed by atoms with E-state index in [4.69, 9.17) is 0 Å². The Morgan fingerprint density at radius 2 is 0.955 bits per heavy atom. The van der Waals surface area contributed by atoms with Crippen LogP contribution in [-0.2, 0) is 20.9 Å². The average molecular weight is 673 g/mol. The Balaban J connectivity index is 1.57. The van der Waals surface area contributed by atoms with E-state index in [1.54, 1.807) is 22.3 Å². The number of benzene rings is 4. The van der Waals surface area contributed by atoms with E-state index < -0.39 is 26.8 Å². The van der Waals surface area contributed by atoms with Crippen LogP contribution in [0.25, 0.3) is 34.4 Å². The third-order valence-electron chi connectivity index (χ3n) is 10.8. The number of hydrogen-bond acceptors (Lipinski definition) is 0. The van der Waals surface area contributed by atoms with Crippen molar-refractivity contribution < 1.29 is 20.9 Å². The second kappa shape index (κ2) is 13.1. The quantitative estimate of drug-likeness (QED) is 0.155. The van der Waals surface area contributed by atoms with Crippen LogP contribution in [0.4, 0.5) is 0 Å². The average Bonchev–Trinajstić information content (AvgIpc) is 3.61. The van der Waals surface area contributed by atoms with Crippen molar-refractivity contribution in [1.29, 1.82) is 0 Å². The van der Waals surface area contributed by atoms with Crippen molar-refractivity contribution in [2.75, 3.05) is 0 Å². The number of hydrogen-bond donors (Lipinski definition) is 0. The third-order valence-corrected chi connectivity index (χ3v) is 32.3. The predicted octanol–water partition coefficient (Wildman–Crippen LogP) is 11.9. The van der Waals surface area contributed by atoms with Crippen molar-refractivity contribution in [2.45, 2.75) is 74.7 Å². The van der Waals surface area contributed by atoms with Gasteiger partial charge in [0.1, 0.15) is 0 Å². The van der Waals surface area contributed by atoms with Gasteiger partial charge in [0.05, 0.1) is 0 Å². The monoisotopic (exact) mass is 671 g/mol. The summed E-state index contributed by atoms with van der Waals surface area (Å²) in [5, 5.41) is 0. The molecule has 2 aliphatic rings. The Labute approximate surface area is 275 Å². The van der Waals surface area contributed by atoms with Crippen LogP contribution in [0.2, 0.25) is 13.1 Å². The molecule has 0 N–H and O–H groups in total. The molecule has 0 heterocycles. The molecule has 0 aromatic heterocycles. The van der Waals surface area contributed by atoms with Gasteiger partial charge in [0.25, 0.3) is 0 Å². The summed E-state index contributed by atoms with van der Waals surface area (Å²) in [6.07, 6.45) is 7.77. The van der Waals surface area contributed by atoms with Crippen molar-refractivity contribution in [3.8, 4) is 22.3 Å². The SMILES string of the molecule is CCC(C)C1=Cc2c(-c3ccccc3C)cccc2[CH]1[Zr]([CH]1C(C(C)CC)=Cc2c(-c3ccccc3C)cccc21)[SiH](C)C. The summed E-state index contributed by atoms with van der Waals surface area (Å²) in [5.41, 5.74) is 18.3. The molecule has 2 heteroatoms. The normalized spacial score (nSPS) is 18.5. The van der Waals surface area contributed by atoms with Gasteiger partial charge in [-0.15, -0.1) is 0 Å². The van der Waals surface area contributed by atoms with Crippen LogP contribution in [0, 0.1) is 25.7 Å². The fourth-order valence-corrected chi connectivity index (χ4v) is 31.1. The van der Waals surface area contributed by atoms with Gasteiger partial charge >= 0.3 is 277 Å². The van der Waals surface area contributed by atoms with Gasteiger partial charge < -0.3 is 0 Å². The molecule has 0 bridgehead atoms. The van der Waals surface area contributed by atoms with E-state index in [1.807, 2.05) is 0 Å². The third kappa shape index (κ3) is 5.45. The van der Waals surface area contributed by atoms with Gasteiger partial charge in [-0.2, -0.15) is 0 Å². The van der Waals surface area contributed by atoms with E-state index in [0.29, 0.717) is 19.1 Å². The minimum absolute atomic E-state index is 0.607. The van der Waals surface area contributed by atoms with Gasteiger partial charge in [0.15, 0.2) is 0 Å². The summed E-state index contributed by atoms with van der Waals surface area (Å²) in [4.78, 5) is 0. The zero-order valence-electron chi connectivity index (χ0n) is 28.0. The molecule has 4 unspecified atom stereocenters. The molecule has 0 fully saturated rings. The van der Waals surface area contributed by atoms with Gasteiger partial charge in [-0.3, -0.25) is 0 Å². The molecule has 2 aliphatic carbocycles. The molecular formula is C42H49SiZr. The Morgan fingerprint density at radius 1 is 0.568 bits per heavy atom. The van der Waals surface area contributed by atoms with E-state index in [1.165, 1.54) is 57.3 Å². The minimum atomic E-state index is -2.23. The second-order valence-corrected chi connectivity index (χ2v) is 33.7. The van der Waals surface area contributed by atoms with Crippen LogP contribution in [-0.4, -0.2) is 5.92 Å². The zero-order valence-corrected chi connectivity index (χ0v) is 31.7. The molecule has 0 radical (unpaired) electrons. The second-order valence-electron chi connectivity index (χ2n) is 13.7. The predicted molar refractivity (Wildman–Crippen MR) is 192 cm³/mol. The first-order valence-electron chi connectivity index (χ1n) is 16.9. The summed E-state index contributed by atoms with van der Waals surface area (Å²) >= 11 is -2.23. The van der Waals surface area contributed by atoms with Crippen LogP contribution >= 0.6 is 0 Å². The maximum absolute atomic E-state index is 2.71. The summed E-state index contributed by atoms with van der Waals surface area (Å²) in [6.45, 7) is 19.8. The molecule has 225 valence electrons. The first-order valence-corrected chi connectivity index (χ1v) is 26.9. The van der Waals surface area contributed by atoms with Crippen molar-refractivity contribution in [3.63, 3.8) is 0 Å². The van der Waals surface area contributed by atoms with Crippen LogP contribution in [0.15, 0.2) is 96.1 Å². The molecule has 4 atom stereocenters. The molecule has 6 rings (SSSR count). The molecular weight excluding hydrogens is 624 g/mol. The molecule has 0 aliphatic heterocycles. The Hall–Kier alpha value is -2.54. The Kier molecular flexibility index (Phi) is 9.33. The summed E-state index contributed by atoms with van der Waals surface area (Å²) in [7, 11) is 0. The first-order chi connectivity index (χ1) is 21.3. The Morgan fingerprint density at radius 3 is 1.32 bits per heavy atom. The van der Waals surface area contributed by atoms with E-state index in [9.17, 15) is 0 Å². The first kappa shape index (κ1) is 31.4. The van der Waals surface area contributed by atoms with Crippen molar-refractivity contribution in [1.82, 2.24) is 0 Å². The zero-order chi connectivity index (χ0) is 31.1. The molecule has 0 saturated heterocycles. The fraction of sp³-hybridized carbons (Fsp3) is 0.333. The van der Waals surface area contributed by atoms with Crippen LogP contribution < -0.4 is 0 Å². The van der Waals surface area contributed by atoms with E-state index >= 15 is 0 Å². The maximum atomic E-state index is 2.71. The van der Waals surface area contributed by atoms with Gasteiger partial charge in [-0.1, -0.05) is 0 Å². The van der Waals surface area contributed by atoms with Crippen molar-refractivity contribution >= 4 is 18.1 Å². The number of allylic oxidation sites excluding steroid dienone is 2. The number of fused-ring (bicyclic) bond motifs is 2. The van der Waals surface area contributed by atoms with Gasteiger partial charge in [0.2, 0.25) is 0 Å².